The number of nitrogens with one attached hydrogen (secondary N) is 1. The third kappa shape index (κ3) is 8.77. The maximum atomic E-state index is 13.3. The number of hydrogen-bond donors (Lipinski definition) is 3. The summed E-state index contributed by atoms with van der Waals surface area (Å²) < 4.78 is 5.50. The fourth-order valence-corrected chi connectivity index (χ4v) is 9.06. The Kier molecular flexibility index (Phi) is 11.9. The summed E-state index contributed by atoms with van der Waals surface area (Å²) in [7, 11) is 0. The van der Waals surface area contributed by atoms with Gasteiger partial charge in [-0.15, -0.1) is 0 Å². The number of amides is 5. The average molecular weight is 732 g/mol. The van der Waals surface area contributed by atoms with Gasteiger partial charge in [0.25, 0.3) is 5.91 Å². The largest absolute Gasteiger partial charge is 0.481 e. The van der Waals surface area contributed by atoms with E-state index in [1.54, 1.807) is 14.7 Å². The van der Waals surface area contributed by atoms with Crippen molar-refractivity contribution in [2.24, 2.45) is 11.3 Å². The van der Waals surface area contributed by atoms with Crippen molar-refractivity contribution in [3.8, 4) is 0 Å². The number of piperidine rings is 3. The van der Waals surface area contributed by atoms with Crippen molar-refractivity contribution in [3.63, 3.8) is 0 Å². The molecule has 4 aliphatic heterocycles. The predicted octanol–water partition coefficient (Wildman–Crippen LogP) is 4.74. The van der Waals surface area contributed by atoms with Crippen LogP contribution in [0.3, 0.4) is 0 Å². The normalized spacial score (nSPS) is 20.2. The molecule has 0 aromatic heterocycles. The Balaban J connectivity index is 1.00. The summed E-state index contributed by atoms with van der Waals surface area (Å²) in [4.78, 5) is 70.0. The fraction of sp³-hybridized carbons (Fsp3) is 0.575. The molecule has 0 spiro atoms. The third-order valence-electron chi connectivity index (χ3n) is 12.0. The van der Waals surface area contributed by atoms with Crippen LogP contribution in [0, 0.1) is 25.2 Å². The van der Waals surface area contributed by atoms with Gasteiger partial charge in [0.05, 0.1) is 12.5 Å². The van der Waals surface area contributed by atoms with E-state index >= 15 is 0 Å². The Hall–Kier alpha value is -4.65. The second kappa shape index (κ2) is 16.6. The highest BCUT2D eigenvalue weighted by Crippen LogP contribution is 2.52. The zero-order valence-corrected chi connectivity index (χ0v) is 30.9. The number of carbonyl (C=O) groups is 5. The number of carbonyl (C=O) groups excluding carboxylic acids is 4. The molecule has 0 bridgehead atoms. The molecule has 4 heterocycles. The number of fused-ring (bicyclic) bond motifs is 1. The van der Waals surface area contributed by atoms with Crippen molar-refractivity contribution in [2.45, 2.75) is 83.8 Å². The molecule has 3 saturated heterocycles. The molecular weight excluding hydrogens is 678 g/mol. The van der Waals surface area contributed by atoms with Crippen LogP contribution in [0.25, 0.3) is 0 Å². The number of rotatable bonds is 9. The molecule has 3 N–H and O–H groups in total. The lowest BCUT2D eigenvalue weighted by molar-refractivity contribution is -0.145. The molecule has 0 radical (unpaired) electrons. The summed E-state index contributed by atoms with van der Waals surface area (Å²) in [6, 6.07) is 13.8. The number of carboxylic acids is 1. The Morgan fingerprint density at radius 1 is 0.830 bits per heavy atom. The lowest BCUT2D eigenvalue weighted by Crippen LogP contribution is -2.52. The first-order valence-corrected chi connectivity index (χ1v) is 19.0. The van der Waals surface area contributed by atoms with E-state index in [1.807, 2.05) is 55.1 Å². The minimum absolute atomic E-state index is 0.0118. The number of aryl methyl sites for hydroxylation is 2. The highest BCUT2D eigenvalue weighted by atomic mass is 16.6. The number of benzene rings is 2. The summed E-state index contributed by atoms with van der Waals surface area (Å²) in [5.41, 5.74) is 4.40. The van der Waals surface area contributed by atoms with Crippen molar-refractivity contribution in [3.05, 3.63) is 64.7 Å². The van der Waals surface area contributed by atoms with Crippen molar-refractivity contribution in [1.82, 2.24) is 19.6 Å². The Labute approximate surface area is 311 Å². The number of anilines is 1. The number of carboxylic acid groups (broad SMARTS) is 1. The van der Waals surface area contributed by atoms with Crippen LogP contribution in [0.15, 0.2) is 42.5 Å². The van der Waals surface area contributed by atoms with Gasteiger partial charge >= 0.3 is 18.1 Å². The average Bonchev–Trinajstić information content (AvgIpc) is 3.33. The number of urea groups is 1. The number of aliphatic hydroxyl groups excluding tert-OH is 1. The standard InChI is InChI=1S/C40H53N5O8/c1-27-23-28(2)25-30(24-27)37(50)40(14-21-43(22-15-40)34(46)7-8-36(48)49)31-10-16-42(17-11-31)35(47)26-53-39(52)44-18-12-32(13-19-44)45-20-9-29-5-3-4-6-33(29)41-38(45)51/h3-6,23-25,31-32,37,50H,7-22,26H2,1-2H3,(H,41,51)(H,48,49)/t37-/m0/s1. The molecule has 2 aromatic rings. The molecule has 0 unspecified atom stereocenters. The van der Waals surface area contributed by atoms with Crippen LogP contribution >= 0.6 is 0 Å². The van der Waals surface area contributed by atoms with E-state index in [0.717, 1.165) is 34.4 Å². The second-order valence-electron chi connectivity index (χ2n) is 15.3. The van der Waals surface area contributed by atoms with Crippen LogP contribution in [-0.2, 0) is 25.5 Å². The minimum Gasteiger partial charge on any atom is -0.481 e. The molecule has 0 saturated carbocycles. The number of aliphatic carboxylic acids is 1. The molecule has 1 atom stereocenters. The highest BCUT2D eigenvalue weighted by molar-refractivity contribution is 5.91. The number of aliphatic hydroxyl groups is 1. The third-order valence-corrected chi connectivity index (χ3v) is 12.0. The summed E-state index contributed by atoms with van der Waals surface area (Å²) in [5.74, 6) is -1.35. The van der Waals surface area contributed by atoms with Crippen LogP contribution in [0.4, 0.5) is 15.3 Å². The Bertz CT molecular complexity index is 1650. The van der Waals surface area contributed by atoms with E-state index in [9.17, 15) is 29.1 Å². The predicted molar refractivity (Wildman–Crippen MR) is 197 cm³/mol. The van der Waals surface area contributed by atoms with Gasteiger partial charge in [0.2, 0.25) is 5.91 Å². The van der Waals surface area contributed by atoms with Gasteiger partial charge < -0.3 is 39.9 Å². The van der Waals surface area contributed by atoms with Crippen LogP contribution in [-0.4, -0.2) is 118 Å². The first-order valence-electron chi connectivity index (χ1n) is 19.0. The molecule has 3 fully saturated rings. The van der Waals surface area contributed by atoms with E-state index in [0.29, 0.717) is 84.3 Å². The molecule has 0 aliphatic carbocycles. The van der Waals surface area contributed by atoms with E-state index in [1.165, 1.54) is 0 Å². The topological polar surface area (TPSA) is 160 Å². The molecule has 13 nitrogen and oxygen atoms in total. The van der Waals surface area contributed by atoms with E-state index in [2.05, 4.69) is 11.4 Å². The number of likely N-dealkylation sites (tertiary alicyclic amines) is 3. The molecule has 53 heavy (non-hydrogen) atoms. The van der Waals surface area contributed by atoms with Gasteiger partial charge in [0.15, 0.2) is 6.61 Å². The van der Waals surface area contributed by atoms with Crippen LogP contribution in [0.2, 0.25) is 0 Å². The molecule has 6 rings (SSSR count). The molecule has 13 heteroatoms. The quantitative estimate of drug-likeness (QED) is 0.334. The molecular formula is C40H53N5O8. The minimum atomic E-state index is -1.00. The summed E-state index contributed by atoms with van der Waals surface area (Å²) in [5, 5.41) is 24.1. The van der Waals surface area contributed by atoms with Crippen molar-refractivity contribution in [2.75, 3.05) is 57.7 Å². The van der Waals surface area contributed by atoms with Gasteiger partial charge in [-0.2, -0.15) is 0 Å². The van der Waals surface area contributed by atoms with E-state index in [-0.39, 0.29) is 49.3 Å². The molecule has 286 valence electrons. The van der Waals surface area contributed by atoms with Gasteiger partial charge in [-0.05, 0) is 81.9 Å². The van der Waals surface area contributed by atoms with Crippen LogP contribution < -0.4 is 5.32 Å². The van der Waals surface area contributed by atoms with Gasteiger partial charge in [-0.3, -0.25) is 14.4 Å². The molecule has 5 amide bonds. The number of ether oxygens (including phenoxy) is 1. The van der Waals surface area contributed by atoms with Crippen LogP contribution in [0.5, 0.6) is 0 Å². The van der Waals surface area contributed by atoms with Gasteiger partial charge in [0, 0.05) is 69.4 Å². The van der Waals surface area contributed by atoms with Gasteiger partial charge in [-0.25, -0.2) is 9.59 Å². The fourth-order valence-electron chi connectivity index (χ4n) is 9.06. The summed E-state index contributed by atoms with van der Waals surface area (Å²) in [6.07, 6.45) is 2.95. The van der Waals surface area contributed by atoms with Gasteiger partial charge in [0.1, 0.15) is 0 Å². The van der Waals surface area contributed by atoms with Gasteiger partial charge in [-0.1, -0.05) is 47.5 Å². The first kappa shape index (κ1) is 38.1. The monoisotopic (exact) mass is 731 g/mol. The Morgan fingerprint density at radius 3 is 2.11 bits per heavy atom. The lowest BCUT2D eigenvalue weighted by Gasteiger charge is -2.51. The first-order chi connectivity index (χ1) is 25.4. The number of hydrogen-bond acceptors (Lipinski definition) is 7. The van der Waals surface area contributed by atoms with Crippen molar-refractivity contribution >= 4 is 35.6 Å². The molecule has 4 aliphatic rings. The summed E-state index contributed by atoms with van der Waals surface area (Å²) >= 11 is 0. The maximum absolute atomic E-state index is 13.3. The number of para-hydroxylation sites is 1. The van der Waals surface area contributed by atoms with Crippen molar-refractivity contribution in [1.29, 1.82) is 0 Å². The second-order valence-corrected chi connectivity index (χ2v) is 15.3. The Morgan fingerprint density at radius 2 is 1.45 bits per heavy atom. The van der Waals surface area contributed by atoms with E-state index < -0.39 is 23.6 Å². The zero-order chi connectivity index (χ0) is 37.7. The summed E-state index contributed by atoms with van der Waals surface area (Å²) in [6.45, 7) is 6.97. The lowest BCUT2D eigenvalue weighted by atomic mass is 9.60. The SMILES string of the molecule is Cc1cc(C)cc([C@H](O)C2(C3CCN(C(=O)COC(=O)N4CCC(N5CCc6ccccc6NC5=O)CC4)CC3)CCN(C(=O)CCC(=O)O)CC2)c1. The van der Waals surface area contributed by atoms with Crippen molar-refractivity contribution < 1.29 is 38.9 Å². The highest BCUT2D eigenvalue weighted by Gasteiger charge is 2.49. The smallest absolute Gasteiger partial charge is 0.410 e. The number of nitrogens with zero attached hydrogens (tertiary/aromatic N) is 4. The van der Waals surface area contributed by atoms with Crippen LogP contribution in [0.1, 0.15) is 79.7 Å². The van der Waals surface area contributed by atoms with E-state index in [4.69, 9.17) is 9.84 Å². The maximum Gasteiger partial charge on any atom is 0.410 e. The molecule has 2 aromatic carbocycles. The zero-order valence-electron chi connectivity index (χ0n) is 30.9.